The molecule has 0 radical (unpaired) electrons. The highest BCUT2D eigenvalue weighted by Gasteiger charge is 2.09. The number of rotatable bonds is 4. The number of nitrogens with zero attached hydrogens (tertiary/aromatic N) is 3. The minimum atomic E-state index is 0.702. The summed E-state index contributed by atoms with van der Waals surface area (Å²) >= 11 is 3.60. The first-order valence-corrected chi connectivity index (χ1v) is 8.89. The normalized spacial score (nSPS) is 11.0. The number of aromatic nitrogens is 3. The number of nitrogens with one attached hydrogen (secondary N) is 1. The Balaban J connectivity index is 1.71. The van der Waals surface area contributed by atoms with Gasteiger partial charge in [-0.05, 0) is 18.6 Å². The number of hydrogen-bond donors (Lipinski definition) is 1. The van der Waals surface area contributed by atoms with Gasteiger partial charge in [-0.2, -0.15) is 9.61 Å². The van der Waals surface area contributed by atoms with E-state index in [9.17, 15) is 0 Å². The van der Waals surface area contributed by atoms with Crippen molar-refractivity contribution in [3.05, 3.63) is 82.5 Å². The molecule has 0 atom stereocenters. The van der Waals surface area contributed by atoms with Crippen molar-refractivity contribution >= 4 is 27.4 Å². The second-order valence-corrected chi connectivity index (χ2v) is 6.79. The van der Waals surface area contributed by atoms with Crippen LogP contribution in [0.5, 0.6) is 0 Å². The van der Waals surface area contributed by atoms with E-state index in [0.29, 0.717) is 6.54 Å². The molecule has 1 N–H and O–H groups in total. The molecular formula is C20H17BrN4. The molecule has 0 aliphatic carbocycles. The lowest BCUT2D eigenvalue weighted by atomic mass is 10.1. The van der Waals surface area contributed by atoms with Gasteiger partial charge in [0.15, 0.2) is 5.65 Å². The zero-order valence-corrected chi connectivity index (χ0v) is 15.4. The minimum Gasteiger partial charge on any atom is -0.366 e. The Hall–Kier alpha value is -2.66. The van der Waals surface area contributed by atoms with E-state index in [-0.39, 0.29) is 0 Å². The van der Waals surface area contributed by atoms with E-state index in [2.05, 4.69) is 63.6 Å². The molecule has 0 saturated carbocycles. The molecule has 0 unspecified atom stereocenters. The van der Waals surface area contributed by atoms with Gasteiger partial charge in [-0.25, -0.2) is 4.98 Å². The van der Waals surface area contributed by atoms with Crippen LogP contribution in [0.15, 0.2) is 71.3 Å². The number of aryl methyl sites for hydroxylation is 1. The molecule has 2 heterocycles. The monoisotopic (exact) mass is 392 g/mol. The number of anilines is 1. The van der Waals surface area contributed by atoms with Gasteiger partial charge in [-0.15, -0.1) is 0 Å². The predicted molar refractivity (Wildman–Crippen MR) is 105 cm³/mol. The Kier molecular flexibility index (Phi) is 4.24. The van der Waals surface area contributed by atoms with Crippen LogP contribution in [0, 0.1) is 6.92 Å². The SMILES string of the molecule is Cc1ccc(-c2cc(NCc3ccccc3Br)n3nccc3n2)cc1. The van der Waals surface area contributed by atoms with Gasteiger partial charge in [0.1, 0.15) is 5.82 Å². The van der Waals surface area contributed by atoms with Gasteiger partial charge in [-0.1, -0.05) is 64.0 Å². The Morgan fingerprint density at radius 3 is 2.64 bits per heavy atom. The molecule has 4 nitrogen and oxygen atoms in total. The zero-order valence-electron chi connectivity index (χ0n) is 13.8. The van der Waals surface area contributed by atoms with Gasteiger partial charge < -0.3 is 5.32 Å². The fourth-order valence-corrected chi connectivity index (χ4v) is 3.16. The van der Waals surface area contributed by atoms with E-state index in [1.165, 1.54) is 11.1 Å². The molecule has 0 aliphatic heterocycles. The second-order valence-electron chi connectivity index (χ2n) is 5.94. The highest BCUT2D eigenvalue weighted by atomic mass is 79.9. The van der Waals surface area contributed by atoms with Gasteiger partial charge in [0.25, 0.3) is 0 Å². The van der Waals surface area contributed by atoms with Crippen LogP contribution in [0.4, 0.5) is 5.82 Å². The standard InChI is InChI=1S/C20H17BrN4/c1-14-6-8-15(9-7-14)18-12-20(25-19(24-18)10-11-23-25)22-13-16-4-2-3-5-17(16)21/h2-12,22H,13H2,1H3. The molecule has 0 aliphatic rings. The average molecular weight is 393 g/mol. The van der Waals surface area contributed by atoms with Crippen molar-refractivity contribution in [2.45, 2.75) is 13.5 Å². The average Bonchev–Trinajstić information content (AvgIpc) is 3.10. The molecule has 4 rings (SSSR count). The molecule has 0 bridgehead atoms. The summed E-state index contributed by atoms with van der Waals surface area (Å²) in [6.45, 7) is 2.79. The first-order valence-electron chi connectivity index (χ1n) is 8.10. The van der Waals surface area contributed by atoms with Crippen LogP contribution < -0.4 is 5.32 Å². The first-order chi connectivity index (χ1) is 12.2. The lowest BCUT2D eigenvalue weighted by Gasteiger charge is -2.12. The maximum absolute atomic E-state index is 4.72. The molecule has 0 amide bonds. The van der Waals surface area contributed by atoms with Crippen molar-refractivity contribution in [2.24, 2.45) is 0 Å². The lowest BCUT2D eigenvalue weighted by molar-refractivity contribution is 0.926. The lowest BCUT2D eigenvalue weighted by Crippen LogP contribution is -2.07. The van der Waals surface area contributed by atoms with Gasteiger partial charge in [0.2, 0.25) is 0 Å². The molecule has 2 aromatic carbocycles. The Bertz CT molecular complexity index is 1020. The van der Waals surface area contributed by atoms with Crippen LogP contribution in [0.3, 0.4) is 0 Å². The number of halogens is 1. The van der Waals surface area contributed by atoms with Gasteiger partial charge >= 0.3 is 0 Å². The fraction of sp³-hybridized carbons (Fsp3) is 0.100. The third kappa shape index (κ3) is 3.28. The smallest absolute Gasteiger partial charge is 0.157 e. The van der Waals surface area contributed by atoms with Crippen molar-refractivity contribution in [1.82, 2.24) is 14.6 Å². The molecule has 0 fully saturated rings. The van der Waals surface area contributed by atoms with Crippen molar-refractivity contribution in [3.8, 4) is 11.3 Å². The molecule has 0 saturated heterocycles. The summed E-state index contributed by atoms with van der Waals surface area (Å²) in [5, 5.41) is 7.87. The van der Waals surface area contributed by atoms with Crippen molar-refractivity contribution in [2.75, 3.05) is 5.32 Å². The summed E-state index contributed by atoms with van der Waals surface area (Å²) in [6, 6.07) is 20.6. The van der Waals surface area contributed by atoms with E-state index >= 15 is 0 Å². The maximum atomic E-state index is 4.72. The largest absolute Gasteiger partial charge is 0.366 e. The van der Waals surface area contributed by atoms with Gasteiger partial charge in [0.05, 0.1) is 11.9 Å². The van der Waals surface area contributed by atoms with E-state index in [4.69, 9.17) is 4.98 Å². The number of fused-ring (bicyclic) bond motifs is 1. The van der Waals surface area contributed by atoms with E-state index in [1.807, 2.05) is 34.8 Å². The van der Waals surface area contributed by atoms with E-state index in [1.54, 1.807) is 6.20 Å². The molecule has 5 heteroatoms. The Morgan fingerprint density at radius 1 is 1.04 bits per heavy atom. The number of benzene rings is 2. The summed E-state index contributed by atoms with van der Waals surface area (Å²) < 4.78 is 2.92. The Labute approximate surface area is 154 Å². The Morgan fingerprint density at radius 2 is 1.84 bits per heavy atom. The first kappa shape index (κ1) is 15.8. The van der Waals surface area contributed by atoms with Crippen LogP contribution in [0.1, 0.15) is 11.1 Å². The van der Waals surface area contributed by atoms with Gasteiger partial charge in [-0.3, -0.25) is 0 Å². The molecule has 4 aromatic rings. The van der Waals surface area contributed by atoms with Crippen LogP contribution in [-0.4, -0.2) is 14.6 Å². The third-order valence-corrected chi connectivity index (χ3v) is 4.90. The van der Waals surface area contributed by atoms with Crippen LogP contribution in [0.25, 0.3) is 16.9 Å². The molecule has 124 valence electrons. The van der Waals surface area contributed by atoms with Crippen LogP contribution >= 0.6 is 15.9 Å². The highest BCUT2D eigenvalue weighted by molar-refractivity contribution is 9.10. The van der Waals surface area contributed by atoms with Crippen molar-refractivity contribution < 1.29 is 0 Å². The molecule has 25 heavy (non-hydrogen) atoms. The fourth-order valence-electron chi connectivity index (χ4n) is 2.74. The molecule has 2 aromatic heterocycles. The summed E-state index contributed by atoms with van der Waals surface area (Å²) in [6.07, 6.45) is 1.77. The summed E-state index contributed by atoms with van der Waals surface area (Å²) in [5.74, 6) is 0.918. The quantitative estimate of drug-likeness (QED) is 0.526. The maximum Gasteiger partial charge on any atom is 0.157 e. The summed E-state index contributed by atoms with van der Waals surface area (Å²) in [4.78, 5) is 4.72. The topological polar surface area (TPSA) is 42.2 Å². The molecule has 0 spiro atoms. The minimum absolute atomic E-state index is 0.702. The van der Waals surface area contributed by atoms with Crippen molar-refractivity contribution in [3.63, 3.8) is 0 Å². The predicted octanol–water partition coefficient (Wildman–Crippen LogP) is 5.08. The molecular weight excluding hydrogens is 376 g/mol. The summed E-state index contributed by atoms with van der Waals surface area (Å²) in [7, 11) is 0. The van der Waals surface area contributed by atoms with Crippen molar-refractivity contribution in [1.29, 1.82) is 0 Å². The highest BCUT2D eigenvalue weighted by Crippen LogP contribution is 2.24. The third-order valence-electron chi connectivity index (χ3n) is 4.12. The van der Waals surface area contributed by atoms with E-state index in [0.717, 1.165) is 27.2 Å². The number of hydrogen-bond acceptors (Lipinski definition) is 3. The van der Waals surface area contributed by atoms with E-state index < -0.39 is 0 Å². The van der Waals surface area contributed by atoms with Crippen LogP contribution in [-0.2, 0) is 6.54 Å². The van der Waals surface area contributed by atoms with Gasteiger partial charge in [0, 0.05) is 28.7 Å². The summed E-state index contributed by atoms with van der Waals surface area (Å²) in [5.41, 5.74) is 5.28. The zero-order chi connectivity index (χ0) is 17.2. The second kappa shape index (κ2) is 6.69. The van der Waals surface area contributed by atoms with Crippen LogP contribution in [0.2, 0.25) is 0 Å².